The summed E-state index contributed by atoms with van der Waals surface area (Å²) in [5, 5.41) is 4.16. The highest BCUT2D eigenvalue weighted by molar-refractivity contribution is 5.91. The van der Waals surface area contributed by atoms with Gasteiger partial charge in [-0.15, -0.1) is 0 Å². The molecule has 1 amide bonds. The lowest BCUT2D eigenvalue weighted by atomic mass is 10.0. The number of amides is 1. The van der Waals surface area contributed by atoms with Crippen LogP contribution >= 0.6 is 0 Å². The number of hydrogen-bond donors (Lipinski definition) is 0. The van der Waals surface area contributed by atoms with Gasteiger partial charge in [-0.25, -0.2) is 0 Å². The number of furan rings is 1. The monoisotopic (exact) mass is 344 g/mol. The molecule has 0 spiro atoms. The summed E-state index contributed by atoms with van der Waals surface area (Å²) in [4.78, 5) is 17.2. The lowest BCUT2D eigenvalue weighted by Crippen LogP contribution is -2.47. The molecule has 0 bridgehead atoms. The summed E-state index contributed by atoms with van der Waals surface area (Å²) in [6.07, 6.45) is 3.60. The Labute approximate surface area is 147 Å². The van der Waals surface area contributed by atoms with E-state index in [-0.39, 0.29) is 5.91 Å². The van der Waals surface area contributed by atoms with Crippen molar-refractivity contribution < 1.29 is 13.9 Å². The van der Waals surface area contributed by atoms with Crippen molar-refractivity contribution in [3.63, 3.8) is 0 Å². The second-order valence-electron chi connectivity index (χ2n) is 6.87. The summed E-state index contributed by atoms with van der Waals surface area (Å²) < 4.78 is 13.0. The summed E-state index contributed by atoms with van der Waals surface area (Å²) in [6.45, 7) is 7.76. The zero-order valence-corrected chi connectivity index (χ0v) is 14.5. The molecule has 4 rings (SSSR count). The van der Waals surface area contributed by atoms with E-state index < -0.39 is 0 Å². The first-order valence-corrected chi connectivity index (χ1v) is 8.88. The van der Waals surface area contributed by atoms with Crippen molar-refractivity contribution in [2.75, 3.05) is 39.4 Å². The van der Waals surface area contributed by atoms with Crippen molar-refractivity contribution in [1.29, 1.82) is 0 Å². The van der Waals surface area contributed by atoms with Crippen molar-refractivity contribution in [2.24, 2.45) is 5.92 Å². The third-order valence-corrected chi connectivity index (χ3v) is 5.12. The van der Waals surface area contributed by atoms with Gasteiger partial charge in [0.25, 0.3) is 5.91 Å². The van der Waals surface area contributed by atoms with Gasteiger partial charge in [-0.2, -0.15) is 5.10 Å². The number of carbonyl (C=O) groups is 1. The molecule has 2 atom stereocenters. The number of likely N-dealkylation sites (tertiary alicyclic amines) is 1. The number of ether oxygens (including phenoxy) is 1. The van der Waals surface area contributed by atoms with Gasteiger partial charge in [0.05, 0.1) is 19.8 Å². The molecular weight excluding hydrogens is 320 g/mol. The Morgan fingerprint density at radius 2 is 2.12 bits per heavy atom. The second-order valence-corrected chi connectivity index (χ2v) is 6.87. The number of carbonyl (C=O) groups excluding carboxylic acids is 1. The Kier molecular flexibility index (Phi) is 4.59. The highest BCUT2D eigenvalue weighted by Crippen LogP contribution is 2.24. The SMILES string of the molecule is C[C@@H]1CN(C(=O)c2ccc(Cn3cccn3)o2)C[C@H]1N1CCOCC1. The van der Waals surface area contributed by atoms with Crippen LogP contribution in [0.2, 0.25) is 0 Å². The highest BCUT2D eigenvalue weighted by Gasteiger charge is 2.37. The average molecular weight is 344 g/mol. The largest absolute Gasteiger partial charge is 0.454 e. The van der Waals surface area contributed by atoms with E-state index in [4.69, 9.17) is 9.15 Å². The normalized spacial score (nSPS) is 24.8. The Morgan fingerprint density at radius 3 is 2.88 bits per heavy atom. The summed E-state index contributed by atoms with van der Waals surface area (Å²) in [5.41, 5.74) is 0. The van der Waals surface area contributed by atoms with Crippen molar-refractivity contribution >= 4 is 5.91 Å². The fraction of sp³-hybridized carbons (Fsp3) is 0.556. The van der Waals surface area contributed by atoms with Gasteiger partial charge in [0, 0.05) is 44.6 Å². The molecule has 2 aliphatic rings. The van der Waals surface area contributed by atoms with Gasteiger partial charge in [0.1, 0.15) is 5.76 Å². The maximum Gasteiger partial charge on any atom is 0.289 e. The van der Waals surface area contributed by atoms with Gasteiger partial charge in [0.2, 0.25) is 0 Å². The smallest absolute Gasteiger partial charge is 0.289 e. The third kappa shape index (κ3) is 3.48. The zero-order valence-electron chi connectivity index (χ0n) is 14.5. The van der Waals surface area contributed by atoms with E-state index in [2.05, 4.69) is 16.9 Å². The van der Waals surface area contributed by atoms with Gasteiger partial charge in [0.15, 0.2) is 5.76 Å². The van der Waals surface area contributed by atoms with Crippen LogP contribution in [-0.2, 0) is 11.3 Å². The predicted molar refractivity (Wildman–Crippen MR) is 91.3 cm³/mol. The Bertz CT molecular complexity index is 706. The van der Waals surface area contributed by atoms with Crippen LogP contribution in [0.25, 0.3) is 0 Å². The number of nitrogens with zero attached hydrogens (tertiary/aromatic N) is 4. The fourth-order valence-corrected chi connectivity index (χ4v) is 3.79. The van der Waals surface area contributed by atoms with Crippen LogP contribution in [0.1, 0.15) is 23.2 Å². The predicted octanol–water partition coefficient (Wildman–Crippen LogP) is 1.32. The van der Waals surface area contributed by atoms with E-state index in [1.807, 2.05) is 23.2 Å². The fourth-order valence-electron chi connectivity index (χ4n) is 3.79. The minimum absolute atomic E-state index is 0.0191. The van der Waals surface area contributed by atoms with Crippen molar-refractivity contribution in [3.8, 4) is 0 Å². The van der Waals surface area contributed by atoms with Gasteiger partial charge >= 0.3 is 0 Å². The van der Waals surface area contributed by atoms with Crippen LogP contribution in [0, 0.1) is 5.92 Å². The van der Waals surface area contributed by atoms with E-state index in [1.54, 1.807) is 16.9 Å². The quantitative estimate of drug-likeness (QED) is 0.837. The first-order valence-electron chi connectivity index (χ1n) is 8.88. The molecular formula is C18H24N4O3. The maximum absolute atomic E-state index is 12.8. The molecule has 134 valence electrons. The number of aromatic nitrogens is 2. The lowest BCUT2D eigenvalue weighted by Gasteiger charge is -2.33. The van der Waals surface area contributed by atoms with E-state index in [0.29, 0.717) is 24.3 Å². The molecule has 25 heavy (non-hydrogen) atoms. The van der Waals surface area contributed by atoms with Gasteiger partial charge < -0.3 is 14.1 Å². The lowest BCUT2D eigenvalue weighted by molar-refractivity contribution is 0.0118. The highest BCUT2D eigenvalue weighted by atomic mass is 16.5. The molecule has 7 heteroatoms. The van der Waals surface area contributed by atoms with E-state index in [0.717, 1.165) is 45.2 Å². The first kappa shape index (κ1) is 16.4. The average Bonchev–Trinajstić information content (AvgIpc) is 3.37. The molecule has 7 nitrogen and oxygen atoms in total. The molecule has 0 aromatic carbocycles. The van der Waals surface area contributed by atoms with E-state index in [9.17, 15) is 4.79 Å². The van der Waals surface area contributed by atoms with E-state index in [1.165, 1.54) is 0 Å². The number of morpholine rings is 1. The van der Waals surface area contributed by atoms with Crippen LogP contribution in [0.3, 0.4) is 0 Å². The Balaban J connectivity index is 1.40. The summed E-state index contributed by atoms with van der Waals surface area (Å²) >= 11 is 0. The minimum atomic E-state index is -0.0191. The molecule has 0 aliphatic carbocycles. The molecule has 4 heterocycles. The summed E-state index contributed by atoms with van der Waals surface area (Å²) in [5.74, 6) is 1.59. The van der Waals surface area contributed by atoms with Crippen LogP contribution in [0.5, 0.6) is 0 Å². The minimum Gasteiger partial charge on any atom is -0.454 e. The molecule has 2 aromatic heterocycles. The standard InChI is InChI=1S/C18H24N4O3/c1-14-11-21(13-16(14)20-7-9-24-10-8-20)18(23)17-4-3-15(25-17)12-22-6-2-5-19-22/h2-6,14,16H,7-13H2,1H3/t14-,16-/m1/s1. The van der Waals surface area contributed by atoms with Crippen molar-refractivity contribution in [3.05, 3.63) is 42.1 Å². The zero-order chi connectivity index (χ0) is 17.2. The molecule has 0 N–H and O–H groups in total. The molecule has 2 saturated heterocycles. The number of rotatable bonds is 4. The van der Waals surface area contributed by atoms with Gasteiger partial charge in [-0.3, -0.25) is 14.4 Å². The molecule has 2 fully saturated rings. The Morgan fingerprint density at radius 1 is 1.28 bits per heavy atom. The summed E-state index contributed by atoms with van der Waals surface area (Å²) in [6, 6.07) is 5.90. The van der Waals surface area contributed by atoms with Crippen LogP contribution in [0.4, 0.5) is 0 Å². The van der Waals surface area contributed by atoms with Crippen molar-refractivity contribution in [2.45, 2.75) is 19.5 Å². The third-order valence-electron chi connectivity index (χ3n) is 5.12. The summed E-state index contributed by atoms with van der Waals surface area (Å²) in [7, 11) is 0. The molecule has 2 aromatic rings. The van der Waals surface area contributed by atoms with Crippen LogP contribution in [0.15, 0.2) is 35.0 Å². The number of hydrogen-bond acceptors (Lipinski definition) is 5. The second kappa shape index (κ2) is 7.01. The Hall–Kier alpha value is -2.12. The molecule has 0 saturated carbocycles. The topological polar surface area (TPSA) is 63.7 Å². The first-order chi connectivity index (χ1) is 12.2. The van der Waals surface area contributed by atoms with Crippen LogP contribution < -0.4 is 0 Å². The van der Waals surface area contributed by atoms with Crippen molar-refractivity contribution in [1.82, 2.24) is 19.6 Å². The van der Waals surface area contributed by atoms with Crippen LogP contribution in [-0.4, -0.2) is 70.9 Å². The maximum atomic E-state index is 12.8. The van der Waals surface area contributed by atoms with E-state index >= 15 is 0 Å². The molecule has 0 radical (unpaired) electrons. The molecule has 2 aliphatic heterocycles. The van der Waals surface area contributed by atoms with Gasteiger partial charge in [-0.1, -0.05) is 6.92 Å². The van der Waals surface area contributed by atoms with Gasteiger partial charge in [-0.05, 0) is 24.1 Å². The molecule has 0 unspecified atom stereocenters.